The molecule has 8 nitrogen and oxygen atoms in total. The van der Waals surface area contributed by atoms with Crippen LogP contribution in [0.4, 0.5) is 0 Å². The van der Waals surface area contributed by atoms with Gasteiger partial charge in [0.05, 0.1) is 18.7 Å². The average Bonchev–Trinajstić information content (AvgIpc) is 3.39. The molecule has 26 heavy (non-hydrogen) atoms. The molecule has 1 aliphatic carbocycles. The Labute approximate surface area is 151 Å². The number of morpholine rings is 1. The molecule has 2 aromatic heterocycles. The Morgan fingerprint density at radius 3 is 2.77 bits per heavy atom. The zero-order valence-electron chi connectivity index (χ0n) is 14.6. The van der Waals surface area contributed by atoms with Gasteiger partial charge >= 0.3 is 0 Å². The van der Waals surface area contributed by atoms with Crippen molar-refractivity contribution >= 4 is 17.3 Å². The maximum atomic E-state index is 12.6. The molecule has 2 amide bonds. The van der Waals surface area contributed by atoms with Crippen LogP contribution in [0.2, 0.25) is 0 Å². The Morgan fingerprint density at radius 2 is 2.00 bits per heavy atom. The van der Waals surface area contributed by atoms with Crippen LogP contribution in [0.15, 0.2) is 24.4 Å². The van der Waals surface area contributed by atoms with Crippen molar-refractivity contribution in [2.24, 2.45) is 0 Å². The first-order chi connectivity index (χ1) is 12.7. The van der Waals surface area contributed by atoms with Crippen LogP contribution in [0, 0.1) is 0 Å². The van der Waals surface area contributed by atoms with E-state index in [0.29, 0.717) is 12.1 Å². The summed E-state index contributed by atoms with van der Waals surface area (Å²) in [6.07, 6.45) is 3.77. The zero-order valence-corrected chi connectivity index (χ0v) is 14.6. The first-order valence-electron chi connectivity index (χ1n) is 9.08. The number of hydrogen-bond acceptors (Lipinski definition) is 5. The maximum Gasteiger partial charge on any atom is 0.287 e. The largest absolute Gasteiger partial charge is 0.379 e. The quantitative estimate of drug-likeness (QED) is 0.776. The van der Waals surface area contributed by atoms with Gasteiger partial charge < -0.3 is 15.4 Å². The van der Waals surface area contributed by atoms with Crippen LogP contribution in [-0.4, -0.2) is 71.5 Å². The molecular weight excluding hydrogens is 334 g/mol. The lowest BCUT2D eigenvalue weighted by molar-refractivity contribution is 0.0383. The molecule has 1 saturated heterocycles. The van der Waals surface area contributed by atoms with Gasteiger partial charge in [0.1, 0.15) is 0 Å². The zero-order chi connectivity index (χ0) is 17.9. The molecule has 0 radical (unpaired) electrons. The van der Waals surface area contributed by atoms with E-state index in [0.717, 1.165) is 45.7 Å². The van der Waals surface area contributed by atoms with Gasteiger partial charge in [0.25, 0.3) is 11.8 Å². The SMILES string of the molecule is O=C(NCCN1CCOCC1)c1nc(C(=O)NC2CC2)n2ccccc12. The Bertz CT molecular complexity index is 808. The highest BCUT2D eigenvalue weighted by atomic mass is 16.5. The van der Waals surface area contributed by atoms with E-state index in [1.165, 1.54) is 0 Å². The molecular formula is C18H23N5O3. The second-order valence-electron chi connectivity index (χ2n) is 6.70. The number of imidazole rings is 1. The van der Waals surface area contributed by atoms with Crippen molar-refractivity contribution in [3.63, 3.8) is 0 Å². The van der Waals surface area contributed by atoms with E-state index in [1.807, 2.05) is 12.1 Å². The molecule has 2 fully saturated rings. The molecule has 4 rings (SSSR count). The van der Waals surface area contributed by atoms with Gasteiger partial charge in [-0.1, -0.05) is 6.07 Å². The maximum absolute atomic E-state index is 12.6. The Balaban J connectivity index is 1.46. The average molecular weight is 357 g/mol. The highest BCUT2D eigenvalue weighted by Gasteiger charge is 2.27. The van der Waals surface area contributed by atoms with E-state index in [4.69, 9.17) is 4.74 Å². The van der Waals surface area contributed by atoms with Crippen molar-refractivity contribution in [2.75, 3.05) is 39.4 Å². The minimum atomic E-state index is -0.257. The number of pyridine rings is 1. The fraction of sp³-hybridized carbons (Fsp3) is 0.500. The number of amides is 2. The molecule has 0 aromatic carbocycles. The summed E-state index contributed by atoms with van der Waals surface area (Å²) in [5.74, 6) is -0.237. The van der Waals surface area contributed by atoms with E-state index in [-0.39, 0.29) is 29.4 Å². The molecule has 0 unspecified atom stereocenters. The first-order valence-corrected chi connectivity index (χ1v) is 9.08. The van der Waals surface area contributed by atoms with E-state index in [2.05, 4.69) is 20.5 Å². The van der Waals surface area contributed by atoms with Gasteiger partial charge in [-0.25, -0.2) is 4.98 Å². The predicted octanol–water partition coefficient (Wildman–Crippen LogP) is 0.289. The summed E-state index contributed by atoms with van der Waals surface area (Å²) < 4.78 is 7.00. The molecule has 8 heteroatoms. The van der Waals surface area contributed by atoms with Gasteiger partial charge in [0.15, 0.2) is 5.69 Å². The van der Waals surface area contributed by atoms with Crippen LogP contribution in [-0.2, 0) is 4.74 Å². The molecule has 2 aromatic rings. The molecule has 1 aliphatic heterocycles. The fourth-order valence-corrected chi connectivity index (χ4v) is 3.08. The molecule has 2 N–H and O–H groups in total. The first kappa shape index (κ1) is 17.0. The number of ether oxygens (including phenoxy) is 1. The summed E-state index contributed by atoms with van der Waals surface area (Å²) in [7, 11) is 0. The lowest BCUT2D eigenvalue weighted by Gasteiger charge is -2.26. The van der Waals surface area contributed by atoms with Crippen molar-refractivity contribution in [2.45, 2.75) is 18.9 Å². The van der Waals surface area contributed by atoms with Crippen LogP contribution in [0.25, 0.3) is 5.52 Å². The molecule has 1 saturated carbocycles. The number of nitrogens with one attached hydrogen (secondary N) is 2. The van der Waals surface area contributed by atoms with Gasteiger partial charge in [-0.15, -0.1) is 0 Å². The topological polar surface area (TPSA) is 88.0 Å². The van der Waals surface area contributed by atoms with Crippen LogP contribution >= 0.6 is 0 Å². The summed E-state index contributed by atoms with van der Waals surface area (Å²) in [6, 6.07) is 5.70. The van der Waals surface area contributed by atoms with E-state index >= 15 is 0 Å². The molecule has 3 heterocycles. The minimum absolute atomic E-state index is 0.235. The van der Waals surface area contributed by atoms with Crippen LogP contribution in [0.3, 0.4) is 0 Å². The Morgan fingerprint density at radius 1 is 1.19 bits per heavy atom. The molecule has 0 bridgehead atoms. The third-order valence-electron chi connectivity index (χ3n) is 4.70. The lowest BCUT2D eigenvalue weighted by atomic mass is 10.3. The number of nitrogens with zero attached hydrogens (tertiary/aromatic N) is 3. The van der Waals surface area contributed by atoms with E-state index < -0.39 is 0 Å². The number of hydrogen-bond donors (Lipinski definition) is 2. The second kappa shape index (κ2) is 7.43. The number of fused-ring (bicyclic) bond motifs is 1. The number of aromatic nitrogens is 2. The summed E-state index contributed by atoms with van der Waals surface area (Å²) in [6.45, 7) is 4.55. The number of carbonyl (C=O) groups is 2. The highest BCUT2D eigenvalue weighted by molar-refractivity contribution is 6.02. The minimum Gasteiger partial charge on any atom is -0.379 e. The third-order valence-corrected chi connectivity index (χ3v) is 4.70. The summed E-state index contributed by atoms with van der Waals surface area (Å²) >= 11 is 0. The van der Waals surface area contributed by atoms with Crippen molar-refractivity contribution < 1.29 is 14.3 Å². The fourth-order valence-electron chi connectivity index (χ4n) is 3.08. The standard InChI is InChI=1S/C18H23N5O3/c24-17(19-6-8-22-9-11-26-12-10-22)15-14-3-1-2-7-23(14)16(21-15)18(25)20-13-4-5-13/h1-3,7,13H,4-6,8-12H2,(H,19,24)(H,20,25). The molecule has 0 atom stereocenters. The Kier molecular flexibility index (Phi) is 4.85. The van der Waals surface area contributed by atoms with Crippen molar-refractivity contribution in [3.05, 3.63) is 35.9 Å². The van der Waals surface area contributed by atoms with Crippen molar-refractivity contribution in [1.29, 1.82) is 0 Å². The molecule has 138 valence electrons. The number of rotatable bonds is 6. The molecule has 0 spiro atoms. The monoisotopic (exact) mass is 357 g/mol. The highest BCUT2D eigenvalue weighted by Crippen LogP contribution is 2.20. The summed E-state index contributed by atoms with van der Waals surface area (Å²) in [5, 5.41) is 5.84. The summed E-state index contributed by atoms with van der Waals surface area (Å²) in [4.78, 5) is 31.6. The normalized spacial score (nSPS) is 18.0. The van der Waals surface area contributed by atoms with Gasteiger partial charge in [0.2, 0.25) is 5.82 Å². The van der Waals surface area contributed by atoms with Crippen molar-refractivity contribution in [1.82, 2.24) is 24.9 Å². The van der Waals surface area contributed by atoms with Crippen LogP contribution in [0.1, 0.15) is 33.9 Å². The van der Waals surface area contributed by atoms with Crippen LogP contribution in [0.5, 0.6) is 0 Å². The van der Waals surface area contributed by atoms with Gasteiger partial charge in [-0.05, 0) is 25.0 Å². The Hall–Kier alpha value is -2.45. The van der Waals surface area contributed by atoms with E-state index in [1.54, 1.807) is 16.7 Å². The van der Waals surface area contributed by atoms with Gasteiger partial charge in [-0.3, -0.25) is 18.9 Å². The molecule has 2 aliphatic rings. The summed E-state index contributed by atoms with van der Waals surface area (Å²) in [5.41, 5.74) is 0.922. The third kappa shape index (κ3) is 3.71. The number of carbonyl (C=O) groups excluding carboxylic acids is 2. The van der Waals surface area contributed by atoms with Gasteiger partial charge in [-0.2, -0.15) is 0 Å². The van der Waals surface area contributed by atoms with Gasteiger partial charge in [0, 0.05) is 38.4 Å². The predicted molar refractivity (Wildman–Crippen MR) is 95.3 cm³/mol. The van der Waals surface area contributed by atoms with Crippen molar-refractivity contribution in [3.8, 4) is 0 Å². The second-order valence-corrected chi connectivity index (χ2v) is 6.70. The van der Waals surface area contributed by atoms with Crippen LogP contribution < -0.4 is 10.6 Å². The lowest BCUT2D eigenvalue weighted by Crippen LogP contribution is -2.41. The smallest absolute Gasteiger partial charge is 0.287 e. The van der Waals surface area contributed by atoms with E-state index in [9.17, 15) is 9.59 Å².